The Kier molecular flexibility index (Phi) is 6.77. The maximum Gasteiger partial charge on any atom is 0.313 e. The fourth-order valence-electron chi connectivity index (χ4n) is 3.10. The summed E-state index contributed by atoms with van der Waals surface area (Å²) in [5.41, 5.74) is 1.18. The maximum atomic E-state index is 12.2. The van der Waals surface area contributed by atoms with Crippen LogP contribution in [0.4, 0.5) is 11.4 Å². The Bertz CT molecular complexity index is 938. The molecule has 0 saturated carbocycles. The number of hydrogen-bond acceptors (Lipinski definition) is 5. The molecule has 0 bridgehead atoms. The van der Waals surface area contributed by atoms with E-state index in [1.54, 1.807) is 29.2 Å². The average Bonchev–Trinajstić information content (AvgIpc) is 3.18. The summed E-state index contributed by atoms with van der Waals surface area (Å²) in [6, 6.07) is 10.5. The molecule has 1 aliphatic rings. The number of ketones is 1. The molecule has 1 aliphatic heterocycles. The van der Waals surface area contributed by atoms with Gasteiger partial charge in [-0.2, -0.15) is 0 Å². The molecule has 3 rings (SSSR count). The van der Waals surface area contributed by atoms with Crippen LogP contribution in [0.1, 0.15) is 40.7 Å². The van der Waals surface area contributed by atoms with Crippen molar-refractivity contribution >= 4 is 46.2 Å². The zero-order chi connectivity index (χ0) is 20.8. The van der Waals surface area contributed by atoms with Crippen molar-refractivity contribution in [2.24, 2.45) is 0 Å². The van der Waals surface area contributed by atoms with Gasteiger partial charge in [0.15, 0.2) is 5.78 Å². The highest BCUT2D eigenvalue weighted by molar-refractivity contribution is 7.14. The van der Waals surface area contributed by atoms with E-state index in [1.807, 2.05) is 12.1 Å². The van der Waals surface area contributed by atoms with Crippen LogP contribution in [0.15, 0.2) is 36.4 Å². The van der Waals surface area contributed by atoms with Crippen LogP contribution in [0, 0.1) is 0 Å². The molecule has 2 aromatic rings. The standard InChI is InChI=1S/C21H23N3O4S/c1-14(25)18-9-8-17(29-18)10-11-22-20(27)21(28)23-15-5-4-6-16(13-15)24-12-3-2-7-19(24)26/h4-6,8-9,13H,2-3,7,10-12H2,1H3,(H,22,27)(H,23,28). The van der Waals surface area contributed by atoms with E-state index in [4.69, 9.17) is 0 Å². The summed E-state index contributed by atoms with van der Waals surface area (Å²) in [5.74, 6) is -1.41. The fourth-order valence-corrected chi connectivity index (χ4v) is 4.00. The molecule has 1 aromatic heterocycles. The molecule has 2 heterocycles. The molecular weight excluding hydrogens is 390 g/mol. The van der Waals surface area contributed by atoms with Crippen molar-refractivity contribution in [3.8, 4) is 0 Å². The topological polar surface area (TPSA) is 95.6 Å². The molecule has 0 aliphatic carbocycles. The average molecular weight is 413 g/mol. The first-order valence-electron chi connectivity index (χ1n) is 9.53. The lowest BCUT2D eigenvalue weighted by Crippen LogP contribution is -2.37. The fraction of sp³-hybridized carbons (Fsp3) is 0.333. The van der Waals surface area contributed by atoms with Gasteiger partial charge in [-0.1, -0.05) is 6.07 Å². The molecule has 7 nitrogen and oxygen atoms in total. The van der Waals surface area contributed by atoms with Crippen LogP contribution in [0.5, 0.6) is 0 Å². The van der Waals surface area contributed by atoms with Gasteiger partial charge in [0, 0.05) is 35.8 Å². The second-order valence-electron chi connectivity index (χ2n) is 6.83. The van der Waals surface area contributed by atoms with Crippen molar-refractivity contribution in [2.75, 3.05) is 23.3 Å². The first-order valence-corrected chi connectivity index (χ1v) is 10.3. The lowest BCUT2D eigenvalue weighted by Gasteiger charge is -2.27. The molecule has 2 N–H and O–H groups in total. The van der Waals surface area contributed by atoms with Crippen molar-refractivity contribution in [3.05, 3.63) is 46.2 Å². The highest BCUT2D eigenvalue weighted by Gasteiger charge is 2.20. The Morgan fingerprint density at radius 1 is 1.10 bits per heavy atom. The predicted octanol–water partition coefficient (Wildman–Crippen LogP) is 2.77. The summed E-state index contributed by atoms with van der Waals surface area (Å²) in [6.45, 7) is 2.47. The SMILES string of the molecule is CC(=O)c1ccc(CCNC(=O)C(=O)Nc2cccc(N3CCCCC3=O)c2)s1. The van der Waals surface area contributed by atoms with Gasteiger partial charge >= 0.3 is 11.8 Å². The minimum Gasteiger partial charge on any atom is -0.347 e. The first kappa shape index (κ1) is 20.7. The molecule has 0 unspecified atom stereocenters. The van der Waals surface area contributed by atoms with Crippen LogP contribution in [0.3, 0.4) is 0 Å². The number of nitrogens with zero attached hydrogens (tertiary/aromatic N) is 1. The summed E-state index contributed by atoms with van der Waals surface area (Å²) >= 11 is 1.39. The van der Waals surface area contributed by atoms with E-state index in [0.29, 0.717) is 42.2 Å². The number of carbonyl (C=O) groups is 4. The highest BCUT2D eigenvalue weighted by Crippen LogP contribution is 2.24. The van der Waals surface area contributed by atoms with Crippen LogP contribution < -0.4 is 15.5 Å². The van der Waals surface area contributed by atoms with Crippen LogP contribution in [-0.2, 0) is 20.8 Å². The molecule has 3 amide bonds. The molecule has 1 fully saturated rings. The van der Waals surface area contributed by atoms with E-state index in [1.165, 1.54) is 18.3 Å². The van der Waals surface area contributed by atoms with E-state index in [0.717, 1.165) is 17.7 Å². The van der Waals surface area contributed by atoms with E-state index in [9.17, 15) is 19.2 Å². The second-order valence-corrected chi connectivity index (χ2v) is 8.00. The van der Waals surface area contributed by atoms with Crippen LogP contribution >= 0.6 is 11.3 Å². The van der Waals surface area contributed by atoms with E-state index in [-0.39, 0.29) is 11.7 Å². The molecule has 8 heteroatoms. The summed E-state index contributed by atoms with van der Waals surface area (Å²) in [6.07, 6.45) is 2.91. The molecule has 29 heavy (non-hydrogen) atoms. The van der Waals surface area contributed by atoms with Gasteiger partial charge < -0.3 is 15.5 Å². The predicted molar refractivity (Wildman–Crippen MR) is 112 cm³/mol. The molecule has 1 aromatic carbocycles. The van der Waals surface area contributed by atoms with E-state index in [2.05, 4.69) is 10.6 Å². The van der Waals surface area contributed by atoms with Gasteiger partial charge in [0.25, 0.3) is 0 Å². The second kappa shape index (κ2) is 9.47. The molecule has 0 radical (unpaired) electrons. The Balaban J connectivity index is 1.51. The van der Waals surface area contributed by atoms with Crippen molar-refractivity contribution in [1.82, 2.24) is 5.32 Å². The number of amides is 3. The van der Waals surface area contributed by atoms with Crippen molar-refractivity contribution in [2.45, 2.75) is 32.6 Å². The van der Waals surface area contributed by atoms with Crippen molar-refractivity contribution in [1.29, 1.82) is 0 Å². The highest BCUT2D eigenvalue weighted by atomic mass is 32.1. The van der Waals surface area contributed by atoms with Crippen LogP contribution in [-0.4, -0.2) is 36.6 Å². The summed E-state index contributed by atoms with van der Waals surface area (Å²) in [4.78, 5) is 50.9. The molecule has 0 spiro atoms. The van der Waals surface area contributed by atoms with E-state index >= 15 is 0 Å². The normalized spacial score (nSPS) is 13.8. The lowest BCUT2D eigenvalue weighted by molar-refractivity contribution is -0.136. The third-order valence-corrected chi connectivity index (χ3v) is 5.86. The van der Waals surface area contributed by atoms with Gasteiger partial charge in [-0.05, 0) is 56.5 Å². The minimum atomic E-state index is -0.761. The zero-order valence-electron chi connectivity index (χ0n) is 16.2. The van der Waals surface area contributed by atoms with Gasteiger partial charge in [-0.25, -0.2) is 0 Å². The smallest absolute Gasteiger partial charge is 0.313 e. The Hall–Kier alpha value is -3.00. The van der Waals surface area contributed by atoms with Crippen molar-refractivity contribution < 1.29 is 19.2 Å². The molecule has 1 saturated heterocycles. The number of benzene rings is 1. The lowest BCUT2D eigenvalue weighted by atomic mass is 10.1. The Morgan fingerprint density at radius 3 is 2.66 bits per heavy atom. The Labute approximate surface area is 173 Å². The number of piperidine rings is 1. The summed E-state index contributed by atoms with van der Waals surface area (Å²) < 4.78 is 0. The van der Waals surface area contributed by atoms with Gasteiger partial charge in [-0.15, -0.1) is 11.3 Å². The van der Waals surface area contributed by atoms with Crippen LogP contribution in [0.2, 0.25) is 0 Å². The molecular formula is C21H23N3O4S. The number of rotatable bonds is 6. The number of Topliss-reactive ketones (excluding diaryl/α,β-unsaturated/α-hetero) is 1. The maximum absolute atomic E-state index is 12.2. The zero-order valence-corrected chi connectivity index (χ0v) is 17.0. The largest absolute Gasteiger partial charge is 0.347 e. The summed E-state index contributed by atoms with van der Waals surface area (Å²) in [5, 5.41) is 5.15. The number of thiophene rings is 1. The number of nitrogens with one attached hydrogen (secondary N) is 2. The van der Waals surface area contributed by atoms with Crippen molar-refractivity contribution in [3.63, 3.8) is 0 Å². The molecule has 152 valence electrons. The number of hydrogen-bond donors (Lipinski definition) is 2. The number of anilines is 2. The molecule has 0 atom stereocenters. The first-order chi connectivity index (χ1) is 13.9. The van der Waals surface area contributed by atoms with Gasteiger partial charge in [0.2, 0.25) is 5.91 Å². The van der Waals surface area contributed by atoms with Crippen LogP contribution in [0.25, 0.3) is 0 Å². The van der Waals surface area contributed by atoms with Gasteiger partial charge in [0.1, 0.15) is 0 Å². The quantitative estimate of drug-likeness (QED) is 0.562. The number of carbonyl (C=O) groups excluding carboxylic acids is 4. The Morgan fingerprint density at radius 2 is 1.93 bits per heavy atom. The summed E-state index contributed by atoms with van der Waals surface area (Å²) in [7, 11) is 0. The third-order valence-electron chi connectivity index (χ3n) is 4.61. The third kappa shape index (κ3) is 5.51. The van der Waals surface area contributed by atoms with Gasteiger partial charge in [-0.3, -0.25) is 19.2 Å². The van der Waals surface area contributed by atoms with Gasteiger partial charge in [0.05, 0.1) is 4.88 Å². The monoisotopic (exact) mass is 413 g/mol. The minimum absolute atomic E-state index is 0.0122. The van der Waals surface area contributed by atoms with E-state index < -0.39 is 11.8 Å².